The van der Waals surface area contributed by atoms with Gasteiger partial charge in [-0.3, -0.25) is 0 Å². The first-order valence-electron chi connectivity index (χ1n) is 11.5. The summed E-state index contributed by atoms with van der Waals surface area (Å²) in [5.41, 5.74) is -1.47. The van der Waals surface area contributed by atoms with Crippen molar-refractivity contribution in [2.75, 3.05) is 6.61 Å². The van der Waals surface area contributed by atoms with Crippen LogP contribution in [0.3, 0.4) is 0 Å². The third kappa shape index (κ3) is 4.56. The molecule has 0 aliphatic rings. The van der Waals surface area contributed by atoms with E-state index in [9.17, 15) is 9.90 Å². The minimum atomic E-state index is -3.54. The number of aromatic hydroxyl groups is 1. The number of rotatable bonds is 6. The zero-order chi connectivity index (χ0) is 26.4. The number of carboxylic acids is 1. The van der Waals surface area contributed by atoms with Gasteiger partial charge >= 0.3 is 5.97 Å². The average molecular weight is 379 g/mol. The van der Waals surface area contributed by atoms with Gasteiger partial charge in [0.25, 0.3) is 0 Å². The largest absolute Gasteiger partial charge is 0.508 e. The Bertz CT molecular complexity index is 1090. The lowest BCUT2D eigenvalue weighted by atomic mass is 9.96. The van der Waals surface area contributed by atoms with E-state index in [0.29, 0.717) is 0 Å². The predicted molar refractivity (Wildman–Crippen MR) is 94.6 cm³/mol. The van der Waals surface area contributed by atoms with E-state index < -0.39 is 73.6 Å². The van der Waals surface area contributed by atoms with Crippen LogP contribution >= 0.6 is 23.2 Å². The monoisotopic (exact) mass is 378 g/mol. The summed E-state index contributed by atoms with van der Waals surface area (Å²) in [5.74, 6) is -6.01. The summed E-state index contributed by atoms with van der Waals surface area (Å²) in [6.07, 6.45) is -0.466. The molecule has 0 aliphatic heterocycles. The zero-order valence-electron chi connectivity index (χ0n) is 22.0. The molecule has 0 heterocycles. The van der Waals surface area contributed by atoms with Gasteiger partial charge in [-0.15, -0.1) is 0 Å². The summed E-state index contributed by atoms with van der Waals surface area (Å²) in [7, 11) is 0. The van der Waals surface area contributed by atoms with Crippen LogP contribution in [0.4, 0.5) is 0 Å². The maximum atomic E-state index is 10.7. The summed E-state index contributed by atoms with van der Waals surface area (Å²) < 4.78 is 83.7. The van der Waals surface area contributed by atoms with Crippen LogP contribution in [0, 0.1) is 0 Å². The van der Waals surface area contributed by atoms with Crippen LogP contribution < -0.4 is 4.74 Å². The number of phenols is 1. The van der Waals surface area contributed by atoms with E-state index in [4.69, 9.17) is 46.8 Å². The second-order valence-electron chi connectivity index (χ2n) is 4.68. The Morgan fingerprint density at radius 3 is 2.62 bits per heavy atom. The molecule has 0 radical (unpaired) electrons. The molecular weight excluding hydrogens is 351 g/mol. The summed E-state index contributed by atoms with van der Waals surface area (Å²) in [5, 5.41) is 18.9. The molecule has 0 atom stereocenters. The highest BCUT2D eigenvalue weighted by molar-refractivity contribution is 6.36. The van der Waals surface area contributed by atoms with Gasteiger partial charge in [-0.1, -0.05) is 49.0 Å². The molecule has 0 fully saturated rings. The molecule has 0 saturated carbocycles. The highest BCUT2D eigenvalue weighted by atomic mass is 35.5. The van der Waals surface area contributed by atoms with Gasteiger partial charge < -0.3 is 14.9 Å². The number of hydrogen-bond donors (Lipinski definition) is 2. The molecule has 24 heavy (non-hydrogen) atoms. The van der Waals surface area contributed by atoms with Gasteiger partial charge in [-0.05, 0) is 40.8 Å². The predicted octanol–water partition coefficient (Wildman–Crippen LogP) is 4.88. The van der Waals surface area contributed by atoms with E-state index in [0.717, 1.165) is 0 Å². The second kappa shape index (κ2) is 7.77. The third-order valence-electron chi connectivity index (χ3n) is 2.92. The smallest absolute Gasteiger partial charge is 0.341 e. The Hall–Kier alpha value is -1.91. The molecule has 128 valence electrons. The van der Waals surface area contributed by atoms with Gasteiger partial charge in [-0.2, -0.15) is 0 Å². The van der Waals surface area contributed by atoms with Crippen molar-refractivity contribution in [3.8, 4) is 11.5 Å². The number of aliphatic carboxylic acids is 1. The fourth-order valence-corrected chi connectivity index (χ4v) is 2.46. The quantitative estimate of drug-likeness (QED) is 0.751. The highest BCUT2D eigenvalue weighted by Crippen LogP contribution is 2.33. The van der Waals surface area contributed by atoms with Gasteiger partial charge in [0.05, 0.1) is 4.11 Å². The van der Waals surface area contributed by atoms with Crippen molar-refractivity contribution in [3.05, 3.63) is 57.0 Å². The Balaban J connectivity index is 2.75. The SMILES string of the molecule is [2H]c1c([2H])c(Cc2c(Cl)cc(OCC(=O)O)cc2Cl)c([2H])c(C([2H])(C([2H])([2H])[2H])C([2H])([2H])[2H])c1O. The maximum Gasteiger partial charge on any atom is 0.341 e. The Morgan fingerprint density at radius 1 is 1.38 bits per heavy atom. The van der Waals surface area contributed by atoms with E-state index in [1.807, 2.05) is 0 Å². The Labute approximate surface area is 164 Å². The molecule has 0 unspecified atom stereocenters. The number of carboxylic acid groups (broad SMARTS) is 1. The lowest BCUT2D eigenvalue weighted by Gasteiger charge is -2.13. The van der Waals surface area contributed by atoms with Crippen LogP contribution in [0.1, 0.15) is 50.0 Å². The molecule has 0 saturated heterocycles. The molecule has 6 heteroatoms. The van der Waals surface area contributed by atoms with Crippen molar-refractivity contribution in [2.24, 2.45) is 0 Å². The van der Waals surface area contributed by atoms with Gasteiger partial charge in [0.1, 0.15) is 11.5 Å². The average Bonchev–Trinajstić information content (AvgIpc) is 2.68. The van der Waals surface area contributed by atoms with Crippen molar-refractivity contribution in [1.29, 1.82) is 0 Å². The van der Waals surface area contributed by atoms with Crippen molar-refractivity contribution >= 4 is 29.2 Å². The van der Waals surface area contributed by atoms with E-state index in [1.54, 1.807) is 0 Å². The van der Waals surface area contributed by atoms with Crippen molar-refractivity contribution in [2.45, 2.75) is 26.0 Å². The summed E-state index contributed by atoms with van der Waals surface area (Å²) in [4.78, 5) is 10.7. The second-order valence-corrected chi connectivity index (χ2v) is 5.49. The molecule has 4 nitrogen and oxygen atoms in total. The van der Waals surface area contributed by atoms with Crippen LogP contribution in [-0.4, -0.2) is 22.8 Å². The molecule has 2 N–H and O–H groups in total. The van der Waals surface area contributed by atoms with Crippen molar-refractivity contribution < 1.29 is 33.5 Å². The van der Waals surface area contributed by atoms with Crippen LogP contribution in [-0.2, 0) is 11.2 Å². The maximum absolute atomic E-state index is 10.7. The lowest BCUT2D eigenvalue weighted by Crippen LogP contribution is -2.09. The van der Waals surface area contributed by atoms with Crippen LogP contribution in [0.2, 0.25) is 10.0 Å². The van der Waals surface area contributed by atoms with Gasteiger partial charge in [0.2, 0.25) is 0 Å². The van der Waals surface area contributed by atoms with Crippen LogP contribution in [0.5, 0.6) is 11.5 Å². The molecule has 0 amide bonds. The number of phenolic OH excluding ortho intramolecular Hbond substituents is 1. The molecule has 2 rings (SSSR count). The molecule has 0 aromatic heterocycles. The Kier molecular flexibility index (Phi) is 2.91. The fourth-order valence-electron chi connectivity index (χ4n) is 1.86. The van der Waals surface area contributed by atoms with Gasteiger partial charge in [0.15, 0.2) is 6.61 Å². The number of hydrogen-bond acceptors (Lipinski definition) is 3. The number of benzene rings is 2. The van der Waals surface area contributed by atoms with E-state index >= 15 is 0 Å². The number of carbonyl (C=O) groups is 1. The van der Waals surface area contributed by atoms with Crippen molar-refractivity contribution in [1.82, 2.24) is 0 Å². The van der Waals surface area contributed by atoms with Crippen molar-refractivity contribution in [3.63, 3.8) is 0 Å². The first-order valence-corrected chi connectivity index (χ1v) is 7.24. The highest BCUT2D eigenvalue weighted by Gasteiger charge is 2.13. The van der Waals surface area contributed by atoms with Gasteiger partial charge in [0, 0.05) is 26.1 Å². The van der Waals surface area contributed by atoms with E-state index in [1.165, 1.54) is 12.1 Å². The number of halogens is 2. The summed E-state index contributed by atoms with van der Waals surface area (Å²) in [6.45, 7) is -7.77. The zero-order valence-corrected chi connectivity index (χ0v) is 13.5. The lowest BCUT2D eigenvalue weighted by molar-refractivity contribution is -0.139. The summed E-state index contributed by atoms with van der Waals surface area (Å²) in [6, 6.07) is -0.204. The third-order valence-corrected chi connectivity index (χ3v) is 3.60. The molecule has 0 bridgehead atoms. The molecule has 0 spiro atoms. The standard InChI is InChI=1S/C18H18Cl2O4/c1-10(2)13-5-11(3-4-17(13)21)6-14-15(19)7-12(8-16(14)20)24-9-18(22)23/h3-5,7-8,10,21H,6,9H2,1-2H3,(H,22,23)/i1D3,2D3,3D,4D,5D,10D. The van der Waals surface area contributed by atoms with E-state index in [2.05, 4.69) is 0 Å². The minimum absolute atomic E-state index is 0.000832. The van der Waals surface area contributed by atoms with Gasteiger partial charge in [-0.25, -0.2) is 4.79 Å². The summed E-state index contributed by atoms with van der Waals surface area (Å²) >= 11 is 12.4. The molecule has 2 aromatic rings. The first kappa shape index (κ1) is 8.97. The Morgan fingerprint density at radius 2 is 2.04 bits per heavy atom. The number of ether oxygens (including phenoxy) is 1. The normalized spacial score (nSPS) is 18.4. The molecule has 0 aliphatic carbocycles. The van der Waals surface area contributed by atoms with Crippen LogP contribution in [0.25, 0.3) is 0 Å². The molecule has 2 aromatic carbocycles. The topological polar surface area (TPSA) is 66.8 Å². The minimum Gasteiger partial charge on any atom is -0.508 e. The first-order chi connectivity index (χ1) is 15.3. The van der Waals surface area contributed by atoms with Crippen LogP contribution in [0.15, 0.2) is 30.3 Å². The molecular formula is C18H18Cl2O4. The fraction of sp³-hybridized carbons (Fsp3) is 0.278. The van der Waals surface area contributed by atoms with E-state index in [-0.39, 0.29) is 21.4 Å².